The van der Waals surface area contributed by atoms with Gasteiger partial charge in [-0.1, -0.05) is 0 Å². The minimum absolute atomic E-state index is 0.0874. The third kappa shape index (κ3) is 9.30. The lowest BCUT2D eigenvalue weighted by Gasteiger charge is -2.12. The molecule has 6 heteroatoms. The Morgan fingerprint density at radius 1 is 1.11 bits per heavy atom. The van der Waals surface area contributed by atoms with Crippen molar-refractivity contribution in [1.29, 1.82) is 0 Å². The number of hydrogen-bond donors (Lipinski definition) is 1. The molecule has 0 aliphatic rings. The number of aliphatic hydroxyl groups excluding tert-OH is 1. The van der Waals surface area contributed by atoms with Gasteiger partial charge in [-0.15, -0.1) is 0 Å². The molecule has 0 amide bonds. The maximum atomic E-state index is 10.9. The number of aliphatic hydroxyl groups is 1. The second-order valence-electron chi connectivity index (χ2n) is 3.82. The molecule has 0 aliphatic heterocycles. The third-order valence-electron chi connectivity index (χ3n) is 2.44. The van der Waals surface area contributed by atoms with Gasteiger partial charge in [-0.05, 0) is 25.0 Å². The highest BCUT2D eigenvalue weighted by Gasteiger charge is 2.10. The quantitative estimate of drug-likeness (QED) is 0.481. The molecule has 0 fully saturated rings. The van der Waals surface area contributed by atoms with E-state index in [4.69, 9.17) is 0 Å². The molecule has 0 aromatic carbocycles. The fourth-order valence-electron chi connectivity index (χ4n) is 1.37. The molecule has 0 rings (SSSR count). The van der Waals surface area contributed by atoms with Crippen LogP contribution in [0.2, 0.25) is 0 Å². The SMILES string of the molecule is COC(=O)CCCSC(CO)CCCC(=O)OC. The highest BCUT2D eigenvalue weighted by molar-refractivity contribution is 7.99. The Hall–Kier alpha value is -0.750. The molecule has 1 N–H and O–H groups in total. The number of carbonyl (C=O) groups excluding carboxylic acids is 2. The van der Waals surface area contributed by atoms with Gasteiger partial charge in [-0.2, -0.15) is 11.8 Å². The third-order valence-corrected chi connectivity index (χ3v) is 3.83. The number of esters is 2. The Morgan fingerprint density at radius 2 is 1.67 bits per heavy atom. The first kappa shape index (κ1) is 17.2. The van der Waals surface area contributed by atoms with E-state index in [1.165, 1.54) is 14.2 Å². The Morgan fingerprint density at radius 3 is 2.17 bits per heavy atom. The topological polar surface area (TPSA) is 72.8 Å². The maximum Gasteiger partial charge on any atom is 0.305 e. The molecule has 0 aliphatic carbocycles. The van der Waals surface area contributed by atoms with Crippen molar-refractivity contribution < 1.29 is 24.2 Å². The van der Waals surface area contributed by atoms with Crippen LogP contribution in [0.4, 0.5) is 0 Å². The van der Waals surface area contributed by atoms with Crippen LogP contribution in [0.1, 0.15) is 32.1 Å². The van der Waals surface area contributed by atoms with Gasteiger partial charge < -0.3 is 14.6 Å². The van der Waals surface area contributed by atoms with E-state index >= 15 is 0 Å². The number of carbonyl (C=O) groups is 2. The van der Waals surface area contributed by atoms with Gasteiger partial charge in [0.05, 0.1) is 20.8 Å². The van der Waals surface area contributed by atoms with Gasteiger partial charge in [0.25, 0.3) is 0 Å². The first-order chi connectivity index (χ1) is 8.63. The van der Waals surface area contributed by atoms with Gasteiger partial charge in [0.1, 0.15) is 0 Å². The molecular weight excluding hydrogens is 256 g/mol. The zero-order valence-electron chi connectivity index (χ0n) is 11.0. The fraction of sp³-hybridized carbons (Fsp3) is 0.833. The average molecular weight is 278 g/mol. The van der Waals surface area contributed by atoms with Crippen LogP contribution in [0.15, 0.2) is 0 Å². The van der Waals surface area contributed by atoms with Crippen LogP contribution in [0, 0.1) is 0 Å². The summed E-state index contributed by atoms with van der Waals surface area (Å²) in [6.07, 6.45) is 3.01. The summed E-state index contributed by atoms with van der Waals surface area (Å²) >= 11 is 1.62. The summed E-state index contributed by atoms with van der Waals surface area (Å²) < 4.78 is 9.08. The van der Waals surface area contributed by atoms with Crippen LogP contribution >= 0.6 is 11.8 Å². The van der Waals surface area contributed by atoms with Crippen LogP contribution in [-0.4, -0.2) is 48.9 Å². The number of hydrogen-bond acceptors (Lipinski definition) is 6. The van der Waals surface area contributed by atoms with Crippen molar-refractivity contribution in [1.82, 2.24) is 0 Å². The molecule has 18 heavy (non-hydrogen) atoms. The monoisotopic (exact) mass is 278 g/mol. The maximum absolute atomic E-state index is 10.9. The van der Waals surface area contributed by atoms with Crippen molar-refractivity contribution in [3.05, 3.63) is 0 Å². The zero-order chi connectivity index (χ0) is 13.8. The number of rotatable bonds is 10. The molecule has 1 atom stereocenters. The minimum Gasteiger partial charge on any atom is -0.469 e. The predicted molar refractivity (Wildman–Crippen MR) is 70.4 cm³/mol. The number of methoxy groups -OCH3 is 2. The van der Waals surface area contributed by atoms with E-state index in [2.05, 4.69) is 9.47 Å². The van der Waals surface area contributed by atoms with E-state index in [9.17, 15) is 14.7 Å². The summed E-state index contributed by atoms with van der Waals surface area (Å²) in [4.78, 5) is 21.8. The molecule has 1 unspecified atom stereocenters. The minimum atomic E-state index is -0.220. The summed E-state index contributed by atoms with van der Waals surface area (Å²) in [5, 5.41) is 9.29. The molecule has 0 saturated heterocycles. The standard InChI is InChI=1S/C12H22O5S/c1-16-11(14)6-3-5-10(9-13)18-8-4-7-12(15)17-2/h10,13H,3-9H2,1-2H3. The lowest BCUT2D eigenvalue weighted by molar-refractivity contribution is -0.141. The molecule has 0 aromatic rings. The van der Waals surface area contributed by atoms with E-state index < -0.39 is 0 Å². The van der Waals surface area contributed by atoms with Gasteiger partial charge in [0.15, 0.2) is 0 Å². The molecule has 5 nitrogen and oxygen atoms in total. The van der Waals surface area contributed by atoms with Crippen molar-refractivity contribution >= 4 is 23.7 Å². The summed E-state index contributed by atoms with van der Waals surface area (Å²) in [6.45, 7) is 0.0874. The molecule has 0 radical (unpaired) electrons. The largest absolute Gasteiger partial charge is 0.469 e. The summed E-state index contributed by atoms with van der Waals surface area (Å²) in [5.41, 5.74) is 0. The van der Waals surface area contributed by atoms with E-state index in [1.54, 1.807) is 11.8 Å². The second-order valence-corrected chi connectivity index (χ2v) is 5.23. The molecular formula is C12H22O5S. The average Bonchev–Trinajstić information content (AvgIpc) is 2.40. The number of ether oxygens (including phenoxy) is 2. The zero-order valence-corrected chi connectivity index (χ0v) is 11.8. The summed E-state index contributed by atoms with van der Waals surface area (Å²) in [5.74, 6) is 0.377. The van der Waals surface area contributed by atoms with Crippen molar-refractivity contribution in [2.45, 2.75) is 37.4 Å². The Kier molecular flexibility index (Phi) is 10.9. The second kappa shape index (κ2) is 11.3. The summed E-state index contributed by atoms with van der Waals surface area (Å²) in [7, 11) is 2.74. The normalized spacial score (nSPS) is 11.9. The van der Waals surface area contributed by atoms with Crippen molar-refractivity contribution in [2.24, 2.45) is 0 Å². The van der Waals surface area contributed by atoms with Crippen molar-refractivity contribution in [3.63, 3.8) is 0 Å². The Labute approximate surface area is 112 Å². The van der Waals surface area contributed by atoms with Crippen LogP contribution in [0.25, 0.3) is 0 Å². The first-order valence-electron chi connectivity index (χ1n) is 6.00. The predicted octanol–water partition coefficient (Wildman–Crippen LogP) is 1.38. The molecule has 0 bridgehead atoms. The van der Waals surface area contributed by atoms with E-state index in [-0.39, 0.29) is 23.8 Å². The van der Waals surface area contributed by atoms with Crippen LogP contribution < -0.4 is 0 Å². The van der Waals surface area contributed by atoms with Crippen LogP contribution in [-0.2, 0) is 19.1 Å². The lowest BCUT2D eigenvalue weighted by Crippen LogP contribution is -2.11. The fourth-order valence-corrected chi connectivity index (χ4v) is 2.46. The van der Waals surface area contributed by atoms with E-state index in [0.717, 1.165) is 18.6 Å². The van der Waals surface area contributed by atoms with Gasteiger partial charge in [0.2, 0.25) is 0 Å². The Balaban J connectivity index is 3.58. The molecule has 0 heterocycles. The first-order valence-corrected chi connectivity index (χ1v) is 7.05. The van der Waals surface area contributed by atoms with Gasteiger partial charge in [0, 0.05) is 18.1 Å². The molecule has 0 aromatic heterocycles. The smallest absolute Gasteiger partial charge is 0.305 e. The van der Waals surface area contributed by atoms with Gasteiger partial charge in [-0.25, -0.2) is 0 Å². The van der Waals surface area contributed by atoms with Crippen molar-refractivity contribution in [3.8, 4) is 0 Å². The summed E-state index contributed by atoms with van der Waals surface area (Å²) in [6, 6.07) is 0. The highest BCUT2D eigenvalue weighted by Crippen LogP contribution is 2.18. The lowest BCUT2D eigenvalue weighted by atomic mass is 10.2. The molecule has 0 saturated carbocycles. The van der Waals surface area contributed by atoms with Crippen molar-refractivity contribution in [2.75, 3.05) is 26.6 Å². The Bertz CT molecular complexity index is 245. The van der Waals surface area contributed by atoms with E-state index in [1.807, 2.05) is 0 Å². The molecule has 106 valence electrons. The number of thioether (sulfide) groups is 1. The van der Waals surface area contributed by atoms with Crippen LogP contribution in [0.3, 0.4) is 0 Å². The van der Waals surface area contributed by atoms with E-state index in [0.29, 0.717) is 19.3 Å². The molecule has 0 spiro atoms. The van der Waals surface area contributed by atoms with Gasteiger partial charge in [-0.3, -0.25) is 9.59 Å². The van der Waals surface area contributed by atoms with Gasteiger partial charge >= 0.3 is 11.9 Å². The highest BCUT2D eigenvalue weighted by atomic mass is 32.2. The van der Waals surface area contributed by atoms with Crippen LogP contribution in [0.5, 0.6) is 0 Å².